The predicted molar refractivity (Wildman–Crippen MR) is 105 cm³/mol. The second-order valence-electron chi connectivity index (χ2n) is 5.81. The summed E-state index contributed by atoms with van der Waals surface area (Å²) in [6.45, 7) is 0.860. The van der Waals surface area contributed by atoms with Crippen molar-refractivity contribution in [2.75, 3.05) is 25.6 Å². The molecule has 0 aliphatic carbocycles. The summed E-state index contributed by atoms with van der Waals surface area (Å²) in [4.78, 5) is 22.0. The van der Waals surface area contributed by atoms with Crippen LogP contribution in [0.4, 0.5) is 5.69 Å². The SMILES string of the molecule is COCCOc1cc(-c2cncs2)nc2ccc(NC(=O)c3cnoc3)cc12. The third-order valence-corrected chi connectivity index (χ3v) is 4.75. The Balaban J connectivity index is 1.70. The number of amides is 1. The molecule has 0 aliphatic rings. The van der Waals surface area contributed by atoms with Gasteiger partial charge in [0.1, 0.15) is 18.6 Å². The highest BCUT2D eigenvalue weighted by molar-refractivity contribution is 7.13. The van der Waals surface area contributed by atoms with Crippen LogP contribution in [0.25, 0.3) is 21.5 Å². The molecule has 4 aromatic rings. The van der Waals surface area contributed by atoms with Crippen molar-refractivity contribution in [3.8, 4) is 16.3 Å². The fourth-order valence-electron chi connectivity index (χ4n) is 2.62. The molecule has 0 aliphatic heterocycles. The number of anilines is 1. The van der Waals surface area contributed by atoms with Gasteiger partial charge >= 0.3 is 0 Å². The molecule has 0 saturated carbocycles. The van der Waals surface area contributed by atoms with E-state index in [1.54, 1.807) is 24.9 Å². The topological polar surface area (TPSA) is 99.4 Å². The number of methoxy groups -OCH3 is 1. The van der Waals surface area contributed by atoms with E-state index in [1.165, 1.54) is 23.8 Å². The van der Waals surface area contributed by atoms with Crippen molar-refractivity contribution >= 4 is 33.8 Å². The van der Waals surface area contributed by atoms with Crippen molar-refractivity contribution in [3.05, 3.63) is 54.0 Å². The Morgan fingerprint density at radius 1 is 1.25 bits per heavy atom. The molecule has 3 aromatic heterocycles. The molecule has 3 heterocycles. The van der Waals surface area contributed by atoms with E-state index < -0.39 is 0 Å². The Morgan fingerprint density at radius 2 is 2.18 bits per heavy atom. The summed E-state index contributed by atoms with van der Waals surface area (Å²) < 4.78 is 15.7. The zero-order chi connectivity index (χ0) is 19.3. The van der Waals surface area contributed by atoms with E-state index in [4.69, 9.17) is 19.0 Å². The van der Waals surface area contributed by atoms with Gasteiger partial charge in [-0.1, -0.05) is 5.16 Å². The summed E-state index contributed by atoms with van der Waals surface area (Å²) in [6.07, 6.45) is 4.42. The third-order valence-electron chi connectivity index (χ3n) is 3.95. The number of nitrogens with one attached hydrogen (secondary N) is 1. The average Bonchev–Trinajstić information content (AvgIpc) is 3.42. The Hall–Kier alpha value is -3.30. The number of hydrogen-bond donors (Lipinski definition) is 1. The molecule has 1 amide bonds. The second-order valence-corrected chi connectivity index (χ2v) is 6.70. The molecule has 0 atom stereocenters. The van der Waals surface area contributed by atoms with E-state index in [-0.39, 0.29) is 5.91 Å². The van der Waals surface area contributed by atoms with Gasteiger partial charge in [0.05, 0.1) is 40.0 Å². The molecule has 9 heteroatoms. The van der Waals surface area contributed by atoms with Crippen LogP contribution in [-0.2, 0) is 4.74 Å². The monoisotopic (exact) mass is 396 g/mol. The van der Waals surface area contributed by atoms with Crippen LogP contribution >= 0.6 is 11.3 Å². The molecule has 0 fully saturated rings. The maximum absolute atomic E-state index is 12.2. The Labute approximate surface area is 164 Å². The molecular weight excluding hydrogens is 380 g/mol. The molecule has 0 radical (unpaired) electrons. The Bertz CT molecular complexity index is 1080. The maximum atomic E-state index is 12.2. The van der Waals surface area contributed by atoms with Gasteiger partial charge in [0.15, 0.2) is 0 Å². The van der Waals surface area contributed by atoms with Gasteiger partial charge in [0.2, 0.25) is 0 Å². The number of rotatable bonds is 7. The summed E-state index contributed by atoms with van der Waals surface area (Å²) in [5.41, 5.74) is 4.25. The number of ether oxygens (including phenoxy) is 2. The highest BCUT2D eigenvalue weighted by atomic mass is 32.1. The Kier molecular flexibility index (Phi) is 5.27. The highest BCUT2D eigenvalue weighted by Crippen LogP contribution is 2.33. The second kappa shape index (κ2) is 8.15. The lowest BCUT2D eigenvalue weighted by molar-refractivity contribution is 0.102. The predicted octanol–water partition coefficient (Wildman–Crippen LogP) is 3.62. The number of carbonyl (C=O) groups is 1. The number of hydrogen-bond acceptors (Lipinski definition) is 8. The van der Waals surface area contributed by atoms with Crippen LogP contribution in [0.5, 0.6) is 5.75 Å². The molecule has 1 N–H and O–H groups in total. The van der Waals surface area contributed by atoms with Crippen LogP contribution in [0.1, 0.15) is 10.4 Å². The van der Waals surface area contributed by atoms with Gasteiger partial charge in [-0.15, -0.1) is 11.3 Å². The number of carbonyl (C=O) groups excluding carboxylic acids is 1. The molecule has 1 aromatic carbocycles. The van der Waals surface area contributed by atoms with Gasteiger partial charge in [-0.2, -0.15) is 0 Å². The molecule has 0 spiro atoms. The number of aromatic nitrogens is 3. The zero-order valence-electron chi connectivity index (χ0n) is 14.9. The number of fused-ring (bicyclic) bond motifs is 1. The highest BCUT2D eigenvalue weighted by Gasteiger charge is 2.13. The first-order valence-corrected chi connectivity index (χ1v) is 9.28. The molecule has 0 bridgehead atoms. The van der Waals surface area contributed by atoms with Gasteiger partial charge in [-0.25, -0.2) is 4.98 Å². The number of thiazole rings is 1. The lowest BCUT2D eigenvalue weighted by Crippen LogP contribution is -2.11. The standard InChI is InChI=1S/C19H16N4O4S/c1-25-4-5-26-17-7-16(18-9-20-11-28-18)23-15-3-2-13(6-14(15)17)22-19(24)12-8-21-27-10-12/h2-3,6-11H,4-5H2,1H3,(H,22,24). The van der Waals surface area contributed by atoms with Gasteiger partial charge in [-0.3, -0.25) is 9.78 Å². The summed E-state index contributed by atoms with van der Waals surface area (Å²) in [7, 11) is 1.62. The van der Waals surface area contributed by atoms with E-state index in [2.05, 4.69) is 15.5 Å². The molecule has 8 nitrogen and oxygen atoms in total. The maximum Gasteiger partial charge on any atom is 0.260 e. The summed E-state index contributed by atoms with van der Waals surface area (Å²) in [6, 6.07) is 7.33. The molecule has 142 valence electrons. The molecule has 28 heavy (non-hydrogen) atoms. The van der Waals surface area contributed by atoms with Gasteiger partial charge in [0.25, 0.3) is 5.91 Å². The van der Waals surface area contributed by atoms with Crippen molar-refractivity contribution in [3.63, 3.8) is 0 Å². The smallest absolute Gasteiger partial charge is 0.260 e. The van der Waals surface area contributed by atoms with E-state index >= 15 is 0 Å². The van der Waals surface area contributed by atoms with Crippen LogP contribution in [0, 0.1) is 0 Å². The van der Waals surface area contributed by atoms with Crippen molar-refractivity contribution in [1.82, 2.24) is 15.1 Å². The van der Waals surface area contributed by atoms with E-state index in [9.17, 15) is 4.79 Å². The third kappa shape index (κ3) is 3.85. The minimum absolute atomic E-state index is 0.309. The lowest BCUT2D eigenvalue weighted by Gasteiger charge is -2.12. The van der Waals surface area contributed by atoms with Gasteiger partial charge in [0, 0.05) is 30.4 Å². The summed E-state index contributed by atoms with van der Waals surface area (Å²) in [5.74, 6) is 0.350. The van der Waals surface area contributed by atoms with E-state index in [0.717, 1.165) is 21.5 Å². The average molecular weight is 396 g/mol. The fourth-order valence-corrected chi connectivity index (χ4v) is 3.20. The number of benzene rings is 1. The summed E-state index contributed by atoms with van der Waals surface area (Å²) >= 11 is 1.51. The molecule has 0 saturated heterocycles. The van der Waals surface area contributed by atoms with Crippen molar-refractivity contribution in [1.29, 1.82) is 0 Å². The number of pyridine rings is 1. The van der Waals surface area contributed by atoms with Crippen LogP contribution in [0.3, 0.4) is 0 Å². The Morgan fingerprint density at radius 3 is 2.93 bits per heavy atom. The normalized spacial score (nSPS) is 10.9. The largest absolute Gasteiger partial charge is 0.490 e. The van der Waals surface area contributed by atoms with E-state index in [1.807, 2.05) is 18.2 Å². The molecule has 4 rings (SSSR count). The lowest BCUT2D eigenvalue weighted by atomic mass is 10.1. The van der Waals surface area contributed by atoms with Crippen LogP contribution in [0.2, 0.25) is 0 Å². The van der Waals surface area contributed by atoms with Crippen LogP contribution in [-0.4, -0.2) is 41.4 Å². The van der Waals surface area contributed by atoms with E-state index in [0.29, 0.717) is 30.2 Å². The van der Waals surface area contributed by atoms with Crippen molar-refractivity contribution in [2.45, 2.75) is 0 Å². The van der Waals surface area contributed by atoms with Crippen molar-refractivity contribution < 1.29 is 18.8 Å². The molecular formula is C19H16N4O4S. The van der Waals surface area contributed by atoms with Crippen molar-refractivity contribution in [2.24, 2.45) is 0 Å². The number of nitrogens with zero attached hydrogens (tertiary/aromatic N) is 3. The van der Waals surface area contributed by atoms with Crippen LogP contribution in [0.15, 0.2) is 53.0 Å². The zero-order valence-corrected chi connectivity index (χ0v) is 15.7. The summed E-state index contributed by atoms with van der Waals surface area (Å²) in [5, 5.41) is 7.15. The van der Waals surface area contributed by atoms with Crippen LogP contribution < -0.4 is 10.1 Å². The first kappa shape index (κ1) is 18.1. The minimum atomic E-state index is -0.309. The van der Waals surface area contributed by atoms with Gasteiger partial charge < -0.3 is 19.3 Å². The minimum Gasteiger partial charge on any atom is -0.490 e. The first-order chi connectivity index (χ1) is 13.7. The quantitative estimate of drug-likeness (QED) is 0.476. The molecule has 0 unspecified atom stereocenters. The fraction of sp³-hybridized carbons (Fsp3) is 0.158. The first-order valence-electron chi connectivity index (χ1n) is 8.41. The van der Waals surface area contributed by atoms with Gasteiger partial charge in [-0.05, 0) is 18.2 Å².